The molecule has 2 N–H and O–H groups in total. The van der Waals surface area contributed by atoms with Crippen LogP contribution in [0.2, 0.25) is 0 Å². The molecule has 1 rings (SSSR count). The van der Waals surface area contributed by atoms with Crippen molar-refractivity contribution in [2.45, 2.75) is 25.5 Å². The molecule has 1 aliphatic heterocycles. The van der Waals surface area contributed by atoms with Gasteiger partial charge in [0.2, 0.25) is 0 Å². The molecule has 0 aromatic heterocycles. The van der Waals surface area contributed by atoms with Gasteiger partial charge in [0.1, 0.15) is 0 Å². The summed E-state index contributed by atoms with van der Waals surface area (Å²) in [6, 6.07) is 0.354. The lowest BCUT2D eigenvalue weighted by molar-refractivity contribution is 0.0791. The van der Waals surface area contributed by atoms with E-state index in [1.54, 1.807) is 0 Å². The summed E-state index contributed by atoms with van der Waals surface area (Å²) in [5.74, 6) is 0. The lowest BCUT2D eigenvalue weighted by Gasteiger charge is -2.12. The van der Waals surface area contributed by atoms with Crippen molar-refractivity contribution in [2.24, 2.45) is 0 Å². The van der Waals surface area contributed by atoms with Gasteiger partial charge in [-0.15, -0.1) is 0 Å². The third-order valence-electron chi connectivity index (χ3n) is 1.26. The summed E-state index contributed by atoms with van der Waals surface area (Å²) in [6.07, 6.45) is 0. The summed E-state index contributed by atoms with van der Waals surface area (Å²) in [7, 11) is 0. The minimum atomic E-state index is -0.500. The van der Waals surface area contributed by atoms with Gasteiger partial charge in [-0.1, -0.05) is 0 Å². The first-order chi connectivity index (χ1) is 3.11. The molecule has 1 heterocycles. The summed E-state index contributed by atoms with van der Waals surface area (Å²) >= 11 is 0. The lowest BCUT2D eigenvalue weighted by atomic mass is 10.1. The zero-order valence-electron chi connectivity index (χ0n) is 4.73. The molecule has 0 aliphatic carbocycles. The van der Waals surface area contributed by atoms with Crippen molar-refractivity contribution < 1.29 is 5.11 Å². The molecule has 7 heavy (non-hydrogen) atoms. The Balaban J connectivity index is 2.36. The van der Waals surface area contributed by atoms with Gasteiger partial charge in [0, 0.05) is 12.6 Å². The Morgan fingerprint density at radius 2 is 2.14 bits per heavy atom. The number of aliphatic hydroxyl groups is 1. The summed E-state index contributed by atoms with van der Waals surface area (Å²) in [4.78, 5) is 0. The zero-order valence-corrected chi connectivity index (χ0v) is 4.73. The van der Waals surface area contributed by atoms with Gasteiger partial charge in [0.15, 0.2) is 0 Å². The van der Waals surface area contributed by atoms with Gasteiger partial charge < -0.3 is 10.4 Å². The Morgan fingerprint density at radius 3 is 2.14 bits per heavy atom. The van der Waals surface area contributed by atoms with E-state index in [1.165, 1.54) is 0 Å². The molecule has 1 fully saturated rings. The van der Waals surface area contributed by atoms with Crippen LogP contribution in [0.5, 0.6) is 0 Å². The van der Waals surface area contributed by atoms with Crippen LogP contribution in [0, 0.1) is 0 Å². The Kier molecular flexibility index (Phi) is 0.869. The highest BCUT2D eigenvalue weighted by molar-refractivity contribution is 4.96. The third kappa shape index (κ3) is 1.14. The van der Waals surface area contributed by atoms with Crippen LogP contribution in [0.3, 0.4) is 0 Å². The highest BCUT2D eigenvalue weighted by atomic mass is 16.3. The molecule has 2 heteroatoms. The van der Waals surface area contributed by atoms with Crippen molar-refractivity contribution in [3.05, 3.63) is 0 Å². The maximum absolute atomic E-state index is 9.09. The van der Waals surface area contributed by atoms with Crippen LogP contribution in [-0.4, -0.2) is 23.3 Å². The van der Waals surface area contributed by atoms with E-state index in [9.17, 15) is 0 Å². The topological polar surface area (TPSA) is 42.2 Å². The number of nitrogens with one attached hydrogen (secondary N) is 1. The van der Waals surface area contributed by atoms with E-state index >= 15 is 0 Å². The molecule has 1 unspecified atom stereocenters. The fraction of sp³-hybridized carbons (Fsp3) is 1.00. The zero-order chi connectivity index (χ0) is 5.49. The van der Waals surface area contributed by atoms with E-state index in [0.717, 1.165) is 6.54 Å². The van der Waals surface area contributed by atoms with Gasteiger partial charge in [-0.3, -0.25) is 0 Å². The maximum Gasteiger partial charge on any atom is 0.0756 e. The van der Waals surface area contributed by atoms with Gasteiger partial charge in [-0.2, -0.15) is 0 Å². The van der Waals surface area contributed by atoms with Gasteiger partial charge in [0.25, 0.3) is 0 Å². The van der Waals surface area contributed by atoms with Crippen LogP contribution >= 0.6 is 0 Å². The summed E-state index contributed by atoms with van der Waals surface area (Å²) < 4.78 is 0. The second-order valence-corrected chi connectivity index (χ2v) is 2.61. The van der Waals surface area contributed by atoms with Gasteiger partial charge in [-0.25, -0.2) is 0 Å². The Hall–Kier alpha value is -0.0800. The molecule has 1 saturated heterocycles. The lowest BCUT2D eigenvalue weighted by Crippen LogP contribution is -2.28. The van der Waals surface area contributed by atoms with E-state index in [0.29, 0.717) is 6.04 Å². The van der Waals surface area contributed by atoms with Crippen molar-refractivity contribution in [3.63, 3.8) is 0 Å². The normalized spacial score (nSPS) is 30.4. The molecule has 0 aromatic carbocycles. The minimum Gasteiger partial charge on any atom is -0.389 e. The highest BCUT2D eigenvalue weighted by Gasteiger charge is 2.34. The fourth-order valence-corrected chi connectivity index (χ4v) is 0.558. The molecule has 0 amide bonds. The van der Waals surface area contributed by atoms with Crippen molar-refractivity contribution in [1.29, 1.82) is 0 Å². The fourth-order valence-electron chi connectivity index (χ4n) is 0.558. The monoisotopic (exact) mass is 101 g/mol. The SMILES string of the molecule is CC(C)(O)C1CN1. The summed E-state index contributed by atoms with van der Waals surface area (Å²) in [6.45, 7) is 4.61. The van der Waals surface area contributed by atoms with Crippen molar-refractivity contribution >= 4 is 0 Å². The average molecular weight is 101 g/mol. The maximum atomic E-state index is 9.09. The number of rotatable bonds is 1. The predicted octanol–water partition coefficient (Wildman–Crippen LogP) is -0.271. The third-order valence-corrected chi connectivity index (χ3v) is 1.26. The molecule has 1 aliphatic rings. The Labute approximate surface area is 43.5 Å². The molecule has 0 spiro atoms. The molecular weight excluding hydrogens is 90.1 g/mol. The molecule has 1 atom stereocenters. The van der Waals surface area contributed by atoms with Crippen LogP contribution in [0.15, 0.2) is 0 Å². The van der Waals surface area contributed by atoms with E-state index in [2.05, 4.69) is 5.32 Å². The quantitative estimate of drug-likeness (QED) is 0.446. The van der Waals surface area contributed by atoms with Crippen molar-refractivity contribution in [1.82, 2.24) is 5.32 Å². The van der Waals surface area contributed by atoms with Crippen LogP contribution in [0.1, 0.15) is 13.8 Å². The first-order valence-corrected chi connectivity index (χ1v) is 2.56. The highest BCUT2D eigenvalue weighted by Crippen LogP contribution is 2.14. The van der Waals surface area contributed by atoms with Crippen LogP contribution in [0.25, 0.3) is 0 Å². The molecule has 2 nitrogen and oxygen atoms in total. The van der Waals surface area contributed by atoms with Gasteiger partial charge in [-0.05, 0) is 13.8 Å². The van der Waals surface area contributed by atoms with E-state index in [-0.39, 0.29) is 0 Å². The molecule has 0 radical (unpaired) electrons. The molecule has 0 saturated carbocycles. The smallest absolute Gasteiger partial charge is 0.0756 e. The van der Waals surface area contributed by atoms with Crippen LogP contribution < -0.4 is 5.32 Å². The molecule has 42 valence electrons. The van der Waals surface area contributed by atoms with E-state index < -0.39 is 5.60 Å². The molecule has 0 aromatic rings. The Bertz CT molecular complexity index is 70.6. The first-order valence-electron chi connectivity index (χ1n) is 2.56. The molecule has 0 bridgehead atoms. The van der Waals surface area contributed by atoms with Gasteiger partial charge in [0.05, 0.1) is 5.60 Å². The van der Waals surface area contributed by atoms with Crippen LogP contribution in [0.4, 0.5) is 0 Å². The minimum absolute atomic E-state index is 0.354. The molecular formula is C5H11NO. The Morgan fingerprint density at radius 1 is 1.71 bits per heavy atom. The van der Waals surface area contributed by atoms with E-state index in [1.807, 2.05) is 13.8 Å². The predicted molar refractivity (Wildman–Crippen MR) is 28.1 cm³/mol. The second kappa shape index (κ2) is 1.20. The summed E-state index contributed by atoms with van der Waals surface area (Å²) in [5.41, 5.74) is -0.500. The first kappa shape index (κ1) is 5.06. The summed E-state index contributed by atoms with van der Waals surface area (Å²) in [5, 5.41) is 12.1. The largest absolute Gasteiger partial charge is 0.389 e. The van der Waals surface area contributed by atoms with Crippen LogP contribution in [-0.2, 0) is 0 Å². The number of hydrogen-bond donors (Lipinski definition) is 2. The van der Waals surface area contributed by atoms with Crippen molar-refractivity contribution in [3.8, 4) is 0 Å². The van der Waals surface area contributed by atoms with Crippen molar-refractivity contribution in [2.75, 3.05) is 6.54 Å². The standard InChI is InChI=1S/C5H11NO/c1-5(2,7)4-3-6-4/h4,6-7H,3H2,1-2H3. The van der Waals surface area contributed by atoms with E-state index in [4.69, 9.17) is 5.11 Å². The second-order valence-electron chi connectivity index (χ2n) is 2.61. The average Bonchev–Trinajstić information content (AvgIpc) is 1.99. The number of hydrogen-bond acceptors (Lipinski definition) is 2. The van der Waals surface area contributed by atoms with Gasteiger partial charge >= 0.3 is 0 Å².